The highest BCUT2D eigenvalue weighted by atomic mass is 32.2. The van der Waals surface area contributed by atoms with Crippen LogP contribution in [0.4, 0.5) is 4.79 Å². The number of hydrogen-bond acceptors (Lipinski definition) is 8. The first-order chi connectivity index (χ1) is 18.2. The fourth-order valence-electron chi connectivity index (χ4n) is 4.10. The number of quaternary nitrogens is 1. The van der Waals surface area contributed by atoms with Crippen molar-refractivity contribution in [1.29, 1.82) is 0 Å². The summed E-state index contributed by atoms with van der Waals surface area (Å²) in [6.07, 6.45) is 2.92. The molecular formula is C27H37N4O7S+. The molecule has 0 aliphatic carbocycles. The van der Waals surface area contributed by atoms with Crippen molar-refractivity contribution in [2.45, 2.75) is 44.4 Å². The number of thioether (sulfide) groups is 1. The number of methoxy groups -OCH3 is 1. The summed E-state index contributed by atoms with van der Waals surface area (Å²) in [6.45, 7) is 5.84. The van der Waals surface area contributed by atoms with Crippen LogP contribution in [0, 0.1) is 0 Å². The number of nitrogens with one attached hydrogen (secondary N) is 1. The van der Waals surface area contributed by atoms with Crippen molar-refractivity contribution < 1.29 is 37.9 Å². The molecule has 0 spiro atoms. The summed E-state index contributed by atoms with van der Waals surface area (Å²) in [5, 5.41) is 2.14. The largest absolute Gasteiger partial charge is 0.497 e. The van der Waals surface area contributed by atoms with Crippen LogP contribution in [0.2, 0.25) is 0 Å². The minimum atomic E-state index is -0.828. The molecule has 0 bridgehead atoms. The Morgan fingerprint density at radius 2 is 1.87 bits per heavy atom. The molecule has 2 aliphatic heterocycles. The number of fused-ring (bicyclic) bond motifs is 1. The summed E-state index contributed by atoms with van der Waals surface area (Å²) in [5.74, 6) is -0.398. The molecule has 1 fully saturated rings. The molecule has 3 rings (SSSR count). The van der Waals surface area contributed by atoms with E-state index in [0.717, 1.165) is 5.56 Å². The Morgan fingerprint density at radius 1 is 1.21 bits per heavy atom. The van der Waals surface area contributed by atoms with Crippen LogP contribution in [-0.4, -0.2) is 90.3 Å². The lowest BCUT2D eigenvalue weighted by atomic mass is 10.0. The number of carbonyl (C=O) groups excluding carboxylic acids is 4. The van der Waals surface area contributed by atoms with E-state index < -0.39 is 40.9 Å². The second kappa shape index (κ2) is 12.1. The van der Waals surface area contributed by atoms with Gasteiger partial charge in [-0.25, -0.2) is 9.59 Å². The molecule has 1 aromatic carbocycles. The zero-order chi connectivity index (χ0) is 29.0. The van der Waals surface area contributed by atoms with E-state index in [1.165, 1.54) is 16.7 Å². The number of carbonyl (C=O) groups is 4. The fourth-order valence-corrected chi connectivity index (χ4v) is 5.42. The van der Waals surface area contributed by atoms with Gasteiger partial charge in [0.1, 0.15) is 35.1 Å². The number of likely N-dealkylation sites (N-methyl/N-ethyl adjacent to an activating group) is 1. The van der Waals surface area contributed by atoms with Gasteiger partial charge in [-0.15, -0.1) is 11.8 Å². The van der Waals surface area contributed by atoms with Crippen LogP contribution in [-0.2, 0) is 30.5 Å². The number of β-lactam (4-membered cyclic amide) rings is 1. The van der Waals surface area contributed by atoms with Crippen LogP contribution in [0.15, 0.2) is 47.7 Å². The summed E-state index contributed by atoms with van der Waals surface area (Å²) in [5.41, 5.74) is 6.13. The molecule has 11 nitrogen and oxygen atoms in total. The number of hydrogen-bond donors (Lipinski definition) is 2. The SMILES string of the molecule is COc1ccc(COC(=O)C2=C(/C=C/C[N+](C)(C)CC(N)=O)CS[C@H]3[C@H](NC(=O)OC(C)(C)C)C(=O)N23)cc1. The topological polar surface area (TPSA) is 137 Å². The first kappa shape index (κ1) is 30.0. The van der Waals surface area contributed by atoms with E-state index in [1.54, 1.807) is 58.2 Å². The van der Waals surface area contributed by atoms with Gasteiger partial charge < -0.3 is 29.7 Å². The van der Waals surface area contributed by atoms with E-state index in [9.17, 15) is 19.2 Å². The quantitative estimate of drug-likeness (QED) is 0.251. The number of primary amides is 1. The summed E-state index contributed by atoms with van der Waals surface area (Å²) in [7, 11) is 5.30. The second-order valence-electron chi connectivity index (χ2n) is 11.0. The van der Waals surface area contributed by atoms with Gasteiger partial charge in [0.2, 0.25) is 0 Å². The Kier molecular flexibility index (Phi) is 9.34. The summed E-state index contributed by atoms with van der Waals surface area (Å²) in [6, 6.07) is 6.28. The van der Waals surface area contributed by atoms with Gasteiger partial charge in [0.15, 0.2) is 6.54 Å². The molecular weight excluding hydrogens is 524 g/mol. The van der Waals surface area contributed by atoms with Crippen molar-refractivity contribution in [3.63, 3.8) is 0 Å². The molecule has 1 saturated heterocycles. The van der Waals surface area contributed by atoms with Crippen molar-refractivity contribution in [3.8, 4) is 5.75 Å². The molecule has 12 heteroatoms. The number of amides is 3. The molecule has 212 valence electrons. The van der Waals surface area contributed by atoms with Gasteiger partial charge in [-0.05, 0) is 50.1 Å². The number of rotatable bonds is 10. The lowest BCUT2D eigenvalue weighted by Gasteiger charge is -2.49. The highest BCUT2D eigenvalue weighted by Crippen LogP contribution is 2.41. The Hall–Kier alpha value is -3.51. The van der Waals surface area contributed by atoms with Crippen LogP contribution in [0.1, 0.15) is 26.3 Å². The molecule has 0 radical (unpaired) electrons. The van der Waals surface area contributed by atoms with Gasteiger partial charge in [0.05, 0.1) is 27.7 Å². The Morgan fingerprint density at radius 3 is 2.46 bits per heavy atom. The molecule has 2 heterocycles. The molecule has 3 amide bonds. The molecule has 0 saturated carbocycles. The lowest BCUT2D eigenvalue weighted by molar-refractivity contribution is -0.876. The predicted octanol–water partition coefficient (Wildman–Crippen LogP) is 1.92. The fraction of sp³-hybridized carbons (Fsp3) is 0.481. The third kappa shape index (κ3) is 7.99. The van der Waals surface area contributed by atoms with Crippen LogP contribution < -0.4 is 15.8 Å². The van der Waals surface area contributed by atoms with Crippen LogP contribution in [0.5, 0.6) is 5.75 Å². The van der Waals surface area contributed by atoms with Gasteiger partial charge in [0.25, 0.3) is 11.8 Å². The van der Waals surface area contributed by atoms with Gasteiger partial charge in [0, 0.05) is 5.75 Å². The average molecular weight is 562 g/mol. The van der Waals surface area contributed by atoms with E-state index >= 15 is 0 Å². The van der Waals surface area contributed by atoms with Gasteiger partial charge in [-0.2, -0.15) is 0 Å². The maximum absolute atomic E-state index is 13.3. The minimum absolute atomic E-state index is 0.00524. The Balaban J connectivity index is 1.81. The normalized spacial score (nSPS) is 19.3. The standard InChI is InChI=1S/C27H36N4O7S/c1-27(2,3)38-26(35)29-21-23(33)30-22(25(34)37-15-17-9-11-19(36-6)12-10-17)18(16-39-24(21)30)8-7-13-31(4,5)14-20(28)32/h7-12,21,24H,13-16H2,1-6H3,(H2-,28,29,32,35)/p+1/b8-7+/t21-,24+/m1/s1. The first-order valence-electron chi connectivity index (χ1n) is 12.4. The van der Waals surface area contributed by atoms with Gasteiger partial charge in [-0.3, -0.25) is 14.5 Å². The molecule has 1 aromatic rings. The van der Waals surface area contributed by atoms with Gasteiger partial charge in [-0.1, -0.05) is 18.2 Å². The maximum atomic E-state index is 13.3. The van der Waals surface area contributed by atoms with Gasteiger partial charge >= 0.3 is 12.1 Å². The Labute approximate surface area is 232 Å². The highest BCUT2D eigenvalue weighted by Gasteiger charge is 2.54. The third-order valence-electron chi connectivity index (χ3n) is 5.89. The monoisotopic (exact) mass is 561 g/mol. The Bertz CT molecular complexity index is 1170. The molecule has 2 atom stereocenters. The molecule has 2 aliphatic rings. The molecule has 0 aromatic heterocycles. The molecule has 39 heavy (non-hydrogen) atoms. The van der Waals surface area contributed by atoms with Crippen LogP contribution in [0.25, 0.3) is 0 Å². The van der Waals surface area contributed by atoms with E-state index in [4.69, 9.17) is 19.9 Å². The molecule has 3 N–H and O–H groups in total. The number of esters is 1. The average Bonchev–Trinajstić information content (AvgIpc) is 2.83. The van der Waals surface area contributed by atoms with E-state index in [-0.39, 0.29) is 18.8 Å². The first-order valence-corrected chi connectivity index (χ1v) is 13.5. The lowest BCUT2D eigenvalue weighted by Crippen LogP contribution is -2.70. The van der Waals surface area contributed by atoms with Crippen molar-refractivity contribution in [1.82, 2.24) is 10.2 Å². The maximum Gasteiger partial charge on any atom is 0.408 e. The number of ether oxygens (including phenoxy) is 3. The summed E-state index contributed by atoms with van der Waals surface area (Å²) >= 11 is 1.43. The van der Waals surface area contributed by atoms with Crippen molar-refractivity contribution in [2.75, 3.05) is 40.0 Å². The highest BCUT2D eigenvalue weighted by molar-refractivity contribution is 8.00. The number of alkyl carbamates (subject to hydrolysis) is 1. The van der Waals surface area contributed by atoms with Crippen LogP contribution in [0.3, 0.4) is 0 Å². The van der Waals surface area contributed by atoms with E-state index in [2.05, 4.69) is 5.32 Å². The number of allylic oxidation sites excluding steroid dienone is 1. The molecule has 0 unspecified atom stereocenters. The zero-order valence-electron chi connectivity index (χ0n) is 23.2. The van der Waals surface area contributed by atoms with E-state index in [0.29, 0.717) is 28.1 Å². The van der Waals surface area contributed by atoms with E-state index in [1.807, 2.05) is 20.2 Å². The van der Waals surface area contributed by atoms with Crippen LogP contribution >= 0.6 is 11.8 Å². The van der Waals surface area contributed by atoms with Crippen molar-refractivity contribution in [2.24, 2.45) is 5.73 Å². The number of nitrogens with zero attached hydrogens (tertiary/aromatic N) is 2. The number of benzene rings is 1. The second-order valence-corrected chi connectivity index (χ2v) is 12.1. The number of nitrogens with two attached hydrogens (primary N) is 1. The summed E-state index contributed by atoms with van der Waals surface area (Å²) in [4.78, 5) is 51.6. The zero-order valence-corrected chi connectivity index (χ0v) is 24.0. The summed E-state index contributed by atoms with van der Waals surface area (Å²) < 4.78 is 16.4. The third-order valence-corrected chi connectivity index (χ3v) is 7.20. The minimum Gasteiger partial charge on any atom is -0.497 e. The predicted molar refractivity (Wildman–Crippen MR) is 146 cm³/mol. The van der Waals surface area contributed by atoms with Crippen molar-refractivity contribution >= 4 is 35.6 Å². The smallest absolute Gasteiger partial charge is 0.408 e. The van der Waals surface area contributed by atoms with Crippen molar-refractivity contribution in [3.05, 3.63) is 53.3 Å².